The minimum Gasteiger partial charge on any atom is -0.482 e. The first-order chi connectivity index (χ1) is 15.0. The van der Waals surface area contributed by atoms with E-state index < -0.39 is 5.91 Å². The van der Waals surface area contributed by atoms with E-state index in [2.05, 4.69) is 26.0 Å². The number of anilines is 1. The van der Waals surface area contributed by atoms with Crippen LogP contribution in [0.3, 0.4) is 0 Å². The number of aromatic nitrogens is 1. The molecular weight excluding hydrogens is 521 g/mol. The molecule has 0 aliphatic heterocycles. The lowest BCUT2D eigenvalue weighted by Crippen LogP contribution is -2.30. The highest BCUT2D eigenvalue weighted by atomic mass is 79.9. The molecule has 0 atom stereocenters. The van der Waals surface area contributed by atoms with Gasteiger partial charge in [-0.3, -0.25) is 4.79 Å². The summed E-state index contributed by atoms with van der Waals surface area (Å²) in [6, 6.07) is 20.0. The average Bonchev–Trinajstić information content (AvgIpc) is 3.16. The number of rotatable bonds is 6. The molecule has 31 heavy (non-hydrogen) atoms. The van der Waals surface area contributed by atoms with Crippen LogP contribution in [0.4, 0.5) is 5.13 Å². The predicted octanol–water partition coefficient (Wildman–Crippen LogP) is 6.81. The van der Waals surface area contributed by atoms with Gasteiger partial charge in [-0.15, -0.1) is 0 Å². The molecule has 0 spiro atoms. The third kappa shape index (κ3) is 5.43. The third-order valence-electron chi connectivity index (χ3n) is 4.12. The fourth-order valence-electron chi connectivity index (χ4n) is 2.65. The topological polar surface area (TPSA) is 54.8 Å². The van der Waals surface area contributed by atoms with Gasteiger partial charge in [0.15, 0.2) is 6.61 Å². The number of nitrogens with zero attached hydrogens (tertiary/aromatic N) is 3. The van der Waals surface area contributed by atoms with Gasteiger partial charge in [0.25, 0.3) is 5.91 Å². The highest BCUT2D eigenvalue weighted by Crippen LogP contribution is 2.32. The number of hydrogen-bond donors (Lipinski definition) is 0. The summed E-state index contributed by atoms with van der Waals surface area (Å²) < 4.78 is 7.48. The second kappa shape index (κ2) is 9.78. The second-order valence-corrected chi connectivity index (χ2v) is 9.10. The molecule has 4 rings (SSSR count). The van der Waals surface area contributed by atoms with Crippen molar-refractivity contribution in [3.63, 3.8) is 0 Å². The molecule has 3 aromatic carbocycles. The van der Waals surface area contributed by atoms with Crippen molar-refractivity contribution in [1.82, 2.24) is 4.98 Å². The van der Waals surface area contributed by atoms with Gasteiger partial charge in [-0.05, 0) is 42.0 Å². The number of carbonyl (C=O) groups excluding carboxylic acids is 1. The lowest BCUT2D eigenvalue weighted by atomic mass is 10.2. The molecule has 1 aromatic heterocycles. The van der Waals surface area contributed by atoms with E-state index in [9.17, 15) is 4.79 Å². The van der Waals surface area contributed by atoms with Crippen LogP contribution in [0.2, 0.25) is 10.0 Å². The number of amides is 1. The number of fused-ring (bicyclic) bond motifs is 1. The highest BCUT2D eigenvalue weighted by molar-refractivity contribution is 9.10. The number of carbonyl (C=O) groups is 1. The molecule has 0 N–H and O–H groups in total. The lowest BCUT2D eigenvalue weighted by molar-refractivity contribution is -0.120. The Kier molecular flexibility index (Phi) is 6.87. The molecule has 0 unspecified atom stereocenters. The predicted molar refractivity (Wildman–Crippen MR) is 131 cm³/mol. The normalized spacial score (nSPS) is 11.2. The Morgan fingerprint density at radius 2 is 1.94 bits per heavy atom. The van der Waals surface area contributed by atoms with Crippen LogP contribution >= 0.6 is 50.5 Å². The van der Waals surface area contributed by atoms with E-state index in [-0.39, 0.29) is 6.61 Å². The molecule has 156 valence electrons. The summed E-state index contributed by atoms with van der Waals surface area (Å²) in [7, 11) is 0. The lowest BCUT2D eigenvalue weighted by Gasteiger charge is -2.15. The van der Waals surface area contributed by atoms with Crippen molar-refractivity contribution < 1.29 is 9.53 Å². The van der Waals surface area contributed by atoms with Crippen molar-refractivity contribution >= 4 is 77.9 Å². The van der Waals surface area contributed by atoms with Crippen LogP contribution in [0.1, 0.15) is 5.56 Å². The van der Waals surface area contributed by atoms with Crippen molar-refractivity contribution in [1.29, 1.82) is 0 Å². The van der Waals surface area contributed by atoms with Crippen LogP contribution < -0.4 is 9.75 Å². The Labute approximate surface area is 201 Å². The molecule has 5 nitrogen and oxygen atoms in total. The van der Waals surface area contributed by atoms with Gasteiger partial charge in [-0.1, -0.05) is 80.8 Å². The zero-order valence-electron chi connectivity index (χ0n) is 15.8. The van der Waals surface area contributed by atoms with E-state index in [4.69, 9.17) is 27.9 Å². The molecule has 4 aromatic rings. The molecule has 1 amide bonds. The van der Waals surface area contributed by atoms with Gasteiger partial charge in [-0.2, -0.15) is 10.1 Å². The van der Waals surface area contributed by atoms with Crippen LogP contribution in [0.5, 0.6) is 5.75 Å². The minimum absolute atomic E-state index is 0.271. The Morgan fingerprint density at radius 1 is 1.13 bits per heavy atom. The number of halogens is 3. The van der Waals surface area contributed by atoms with Crippen molar-refractivity contribution in [2.24, 2.45) is 5.10 Å². The maximum atomic E-state index is 13.0. The molecule has 1 heterocycles. The summed E-state index contributed by atoms with van der Waals surface area (Å²) in [6.07, 6.45) is 1.61. The van der Waals surface area contributed by atoms with E-state index in [0.717, 1.165) is 20.3 Å². The van der Waals surface area contributed by atoms with Crippen LogP contribution in [0, 0.1) is 0 Å². The Bertz CT molecular complexity index is 1260. The minimum atomic E-state index is -0.392. The molecule has 0 aliphatic rings. The number of hydrogen-bond acceptors (Lipinski definition) is 5. The maximum absolute atomic E-state index is 13.0. The fourth-order valence-corrected chi connectivity index (χ4v) is 4.61. The Morgan fingerprint density at radius 3 is 2.71 bits per heavy atom. The van der Waals surface area contributed by atoms with Gasteiger partial charge < -0.3 is 4.74 Å². The zero-order valence-corrected chi connectivity index (χ0v) is 19.7. The fraction of sp³-hybridized carbons (Fsp3) is 0.0455. The molecule has 0 saturated heterocycles. The van der Waals surface area contributed by atoms with Gasteiger partial charge in [-0.25, -0.2) is 4.98 Å². The SMILES string of the molecule is O=C(COc1ccc(Cl)cc1Cl)N(/N=C/c1ccccc1)c1nc2ccc(Br)cc2s1. The summed E-state index contributed by atoms with van der Waals surface area (Å²) in [6.45, 7) is -0.271. The van der Waals surface area contributed by atoms with Gasteiger partial charge >= 0.3 is 0 Å². The molecular formula is C22H14BrCl2N3O2S. The number of ether oxygens (including phenoxy) is 1. The molecule has 0 saturated carbocycles. The quantitative estimate of drug-likeness (QED) is 0.201. The Hall–Kier alpha value is -2.45. The molecule has 9 heteroatoms. The summed E-state index contributed by atoms with van der Waals surface area (Å²) >= 11 is 16.9. The maximum Gasteiger partial charge on any atom is 0.287 e. The largest absolute Gasteiger partial charge is 0.482 e. The van der Waals surface area contributed by atoms with E-state index in [0.29, 0.717) is 20.9 Å². The van der Waals surface area contributed by atoms with E-state index in [1.54, 1.807) is 24.4 Å². The van der Waals surface area contributed by atoms with Crippen molar-refractivity contribution in [3.05, 3.63) is 86.8 Å². The van der Waals surface area contributed by atoms with Gasteiger partial charge in [0.2, 0.25) is 5.13 Å². The van der Waals surface area contributed by atoms with Gasteiger partial charge in [0, 0.05) is 9.50 Å². The van der Waals surface area contributed by atoms with E-state index in [1.807, 2.05) is 48.5 Å². The van der Waals surface area contributed by atoms with Crippen LogP contribution in [-0.4, -0.2) is 23.7 Å². The van der Waals surface area contributed by atoms with Crippen LogP contribution in [-0.2, 0) is 4.79 Å². The second-order valence-electron chi connectivity index (χ2n) is 6.33. The average molecular weight is 535 g/mol. The first-order valence-corrected chi connectivity index (χ1v) is 11.4. The van der Waals surface area contributed by atoms with Crippen LogP contribution in [0.15, 0.2) is 76.3 Å². The molecule has 0 bridgehead atoms. The van der Waals surface area contributed by atoms with Crippen molar-refractivity contribution in [2.45, 2.75) is 0 Å². The summed E-state index contributed by atoms with van der Waals surface area (Å²) in [4.78, 5) is 17.6. The van der Waals surface area contributed by atoms with Gasteiger partial charge in [0.1, 0.15) is 5.75 Å². The molecule has 0 aliphatic carbocycles. The first kappa shape index (κ1) is 21.8. The van der Waals surface area contributed by atoms with Gasteiger partial charge in [0.05, 0.1) is 21.5 Å². The van der Waals surface area contributed by atoms with E-state index >= 15 is 0 Å². The summed E-state index contributed by atoms with van der Waals surface area (Å²) in [5.41, 5.74) is 1.63. The monoisotopic (exact) mass is 533 g/mol. The smallest absolute Gasteiger partial charge is 0.287 e. The molecule has 0 fully saturated rings. The van der Waals surface area contributed by atoms with Crippen molar-refractivity contribution in [3.8, 4) is 5.75 Å². The highest BCUT2D eigenvalue weighted by Gasteiger charge is 2.20. The standard InChI is InChI=1S/C22H14BrCl2N3O2S/c23-15-6-8-18-20(10-15)31-22(27-18)28(26-12-14-4-2-1-3-5-14)21(29)13-30-19-9-7-16(24)11-17(19)25/h1-12H,13H2/b26-12+. The zero-order chi connectivity index (χ0) is 21.8. The summed E-state index contributed by atoms with van der Waals surface area (Å²) in [5.74, 6) is -0.0315. The number of thiazole rings is 1. The van der Waals surface area contributed by atoms with E-state index in [1.165, 1.54) is 16.3 Å². The summed E-state index contributed by atoms with van der Waals surface area (Å²) in [5, 5.41) is 6.89. The molecule has 0 radical (unpaired) electrons. The Balaban J connectivity index is 1.62. The number of hydrazone groups is 1. The first-order valence-electron chi connectivity index (χ1n) is 9.05. The van der Waals surface area contributed by atoms with Crippen molar-refractivity contribution in [2.75, 3.05) is 11.6 Å². The third-order valence-corrected chi connectivity index (χ3v) is 6.14. The number of benzene rings is 3. The van der Waals surface area contributed by atoms with Crippen LogP contribution in [0.25, 0.3) is 10.2 Å².